The van der Waals surface area contributed by atoms with Crippen LogP contribution >= 0.6 is 11.8 Å². The zero-order valence-corrected chi connectivity index (χ0v) is 10.1. The van der Waals surface area contributed by atoms with Gasteiger partial charge in [0.05, 0.1) is 0 Å². The average Bonchev–Trinajstić information content (AvgIpc) is 2.37. The van der Waals surface area contributed by atoms with Crippen LogP contribution in [0.25, 0.3) is 0 Å². The average molecular weight is 242 g/mol. The summed E-state index contributed by atoms with van der Waals surface area (Å²) in [5.74, 6) is 0.737. The van der Waals surface area contributed by atoms with Crippen LogP contribution in [0.15, 0.2) is 35.7 Å². The van der Waals surface area contributed by atoms with Crippen LogP contribution in [0.1, 0.15) is 17.0 Å². The van der Waals surface area contributed by atoms with Crippen molar-refractivity contribution in [1.82, 2.24) is 15.0 Å². The number of nitriles is 1. The molecule has 2 aromatic rings. The Morgan fingerprint density at radius 1 is 1.29 bits per heavy atom. The van der Waals surface area contributed by atoms with Crippen LogP contribution in [-0.2, 0) is 5.75 Å². The van der Waals surface area contributed by atoms with Gasteiger partial charge in [-0.25, -0.2) is 15.0 Å². The van der Waals surface area contributed by atoms with Crippen molar-refractivity contribution in [1.29, 1.82) is 5.26 Å². The molecule has 0 bridgehead atoms. The highest BCUT2D eigenvalue weighted by molar-refractivity contribution is 7.98. The van der Waals surface area contributed by atoms with E-state index >= 15 is 0 Å². The van der Waals surface area contributed by atoms with E-state index < -0.39 is 0 Å². The second-order valence-corrected chi connectivity index (χ2v) is 4.37. The molecule has 0 atom stereocenters. The van der Waals surface area contributed by atoms with E-state index in [1.165, 1.54) is 0 Å². The van der Waals surface area contributed by atoms with E-state index in [0.29, 0.717) is 5.69 Å². The maximum Gasteiger partial charge on any atom is 0.188 e. The van der Waals surface area contributed by atoms with Gasteiger partial charge >= 0.3 is 0 Å². The number of aryl methyl sites for hydroxylation is 1. The fraction of sp³-hybridized carbons (Fsp3) is 0.167. The smallest absolute Gasteiger partial charge is 0.188 e. The van der Waals surface area contributed by atoms with E-state index in [9.17, 15) is 0 Å². The van der Waals surface area contributed by atoms with Gasteiger partial charge in [0.15, 0.2) is 5.16 Å². The lowest BCUT2D eigenvalue weighted by atomic mass is 10.2. The Morgan fingerprint density at radius 2 is 2.12 bits per heavy atom. The zero-order chi connectivity index (χ0) is 12.1. The molecule has 0 saturated carbocycles. The monoisotopic (exact) mass is 242 g/mol. The maximum atomic E-state index is 8.74. The van der Waals surface area contributed by atoms with Crippen LogP contribution in [0.4, 0.5) is 0 Å². The third-order valence-electron chi connectivity index (χ3n) is 2.08. The van der Waals surface area contributed by atoms with E-state index in [0.717, 1.165) is 22.2 Å². The van der Waals surface area contributed by atoms with Gasteiger partial charge in [-0.1, -0.05) is 11.8 Å². The van der Waals surface area contributed by atoms with Crippen molar-refractivity contribution in [3.8, 4) is 6.07 Å². The zero-order valence-electron chi connectivity index (χ0n) is 9.29. The molecule has 0 fully saturated rings. The predicted octanol–water partition coefficient (Wildman–Crippen LogP) is 2.34. The van der Waals surface area contributed by atoms with Crippen LogP contribution in [-0.4, -0.2) is 15.0 Å². The summed E-state index contributed by atoms with van der Waals surface area (Å²) in [6, 6.07) is 7.56. The van der Waals surface area contributed by atoms with Crippen molar-refractivity contribution >= 4 is 11.8 Å². The summed E-state index contributed by atoms with van der Waals surface area (Å²) < 4.78 is 0. The van der Waals surface area contributed by atoms with Gasteiger partial charge in [-0.3, -0.25) is 0 Å². The Kier molecular flexibility index (Phi) is 3.68. The number of thioether (sulfide) groups is 1. The number of nitrogens with zero attached hydrogens (tertiary/aromatic N) is 4. The third kappa shape index (κ3) is 3.26. The molecule has 0 spiro atoms. The largest absolute Gasteiger partial charge is 0.246 e. The van der Waals surface area contributed by atoms with Gasteiger partial charge < -0.3 is 0 Å². The van der Waals surface area contributed by atoms with Crippen LogP contribution in [0.3, 0.4) is 0 Å². The topological polar surface area (TPSA) is 62.5 Å². The molecule has 0 aliphatic heterocycles. The second kappa shape index (κ2) is 5.41. The molecule has 84 valence electrons. The summed E-state index contributed by atoms with van der Waals surface area (Å²) in [6.07, 6.45) is 3.39. The van der Waals surface area contributed by atoms with Crippen LogP contribution < -0.4 is 0 Å². The van der Waals surface area contributed by atoms with Crippen LogP contribution in [0.2, 0.25) is 0 Å². The fourth-order valence-corrected chi connectivity index (χ4v) is 2.09. The van der Waals surface area contributed by atoms with Crippen LogP contribution in [0.5, 0.6) is 0 Å². The summed E-state index contributed by atoms with van der Waals surface area (Å²) in [5.41, 5.74) is 2.44. The van der Waals surface area contributed by atoms with Gasteiger partial charge in [0.2, 0.25) is 0 Å². The quantitative estimate of drug-likeness (QED) is 0.610. The van der Waals surface area contributed by atoms with Crippen molar-refractivity contribution < 1.29 is 0 Å². The predicted molar refractivity (Wildman–Crippen MR) is 65.3 cm³/mol. The Bertz CT molecular complexity index is 562. The third-order valence-corrected chi connectivity index (χ3v) is 3.01. The molecule has 2 rings (SSSR count). The molecule has 2 aromatic heterocycles. The molecule has 2 heterocycles. The highest BCUT2D eigenvalue weighted by Gasteiger charge is 2.01. The Hall–Kier alpha value is -1.93. The first-order valence-electron chi connectivity index (χ1n) is 5.05. The van der Waals surface area contributed by atoms with E-state index in [1.807, 2.05) is 25.1 Å². The van der Waals surface area contributed by atoms with E-state index in [1.54, 1.807) is 30.2 Å². The molecule has 0 aliphatic rings. The normalized spacial score (nSPS) is 9.88. The lowest BCUT2D eigenvalue weighted by Gasteiger charge is -2.01. The van der Waals surface area contributed by atoms with Crippen molar-refractivity contribution in [3.63, 3.8) is 0 Å². The van der Waals surface area contributed by atoms with Crippen molar-refractivity contribution in [2.45, 2.75) is 17.8 Å². The fourth-order valence-electron chi connectivity index (χ4n) is 1.27. The summed E-state index contributed by atoms with van der Waals surface area (Å²) in [4.78, 5) is 12.4. The number of hydrogen-bond donors (Lipinski definition) is 0. The van der Waals surface area contributed by atoms with Gasteiger partial charge in [0.1, 0.15) is 11.8 Å². The van der Waals surface area contributed by atoms with Crippen molar-refractivity contribution in [3.05, 3.63) is 47.5 Å². The number of hydrogen-bond acceptors (Lipinski definition) is 5. The molecule has 5 heteroatoms. The molecule has 0 aliphatic carbocycles. The Balaban J connectivity index is 2.05. The molecule has 0 saturated heterocycles. The van der Waals surface area contributed by atoms with E-state index in [2.05, 4.69) is 15.0 Å². The highest BCUT2D eigenvalue weighted by atomic mass is 32.2. The van der Waals surface area contributed by atoms with E-state index in [4.69, 9.17) is 5.26 Å². The molecular formula is C12H10N4S. The van der Waals surface area contributed by atoms with Crippen molar-refractivity contribution in [2.75, 3.05) is 0 Å². The number of rotatable bonds is 3. The standard InChI is InChI=1S/C12H10N4S/c1-9-2-4-15-12(16-9)17-8-10-3-5-14-11(6-10)7-13/h2-6H,8H2,1H3. The maximum absolute atomic E-state index is 8.74. The highest BCUT2D eigenvalue weighted by Crippen LogP contribution is 2.18. The number of pyridine rings is 1. The Labute approximate surface area is 104 Å². The van der Waals surface area contributed by atoms with Gasteiger partial charge in [-0.05, 0) is 30.7 Å². The van der Waals surface area contributed by atoms with Gasteiger partial charge in [0.25, 0.3) is 0 Å². The minimum atomic E-state index is 0.438. The lowest BCUT2D eigenvalue weighted by molar-refractivity contribution is 0.931. The van der Waals surface area contributed by atoms with E-state index in [-0.39, 0.29) is 0 Å². The summed E-state index contributed by atoms with van der Waals surface area (Å²) >= 11 is 1.55. The molecule has 0 amide bonds. The van der Waals surface area contributed by atoms with Crippen molar-refractivity contribution in [2.24, 2.45) is 0 Å². The summed E-state index contributed by atoms with van der Waals surface area (Å²) in [6.45, 7) is 1.94. The molecule has 0 unspecified atom stereocenters. The first-order chi connectivity index (χ1) is 8.28. The first-order valence-corrected chi connectivity index (χ1v) is 6.04. The lowest BCUT2D eigenvalue weighted by Crippen LogP contribution is -1.90. The summed E-state index contributed by atoms with van der Waals surface area (Å²) in [7, 11) is 0. The van der Waals surface area contributed by atoms with Crippen LogP contribution in [0, 0.1) is 18.3 Å². The molecule has 0 N–H and O–H groups in total. The molecular weight excluding hydrogens is 232 g/mol. The second-order valence-electron chi connectivity index (χ2n) is 3.43. The molecule has 0 aromatic carbocycles. The van der Waals surface area contributed by atoms with Gasteiger partial charge in [-0.2, -0.15) is 5.26 Å². The van der Waals surface area contributed by atoms with Gasteiger partial charge in [0, 0.05) is 23.8 Å². The van der Waals surface area contributed by atoms with Gasteiger partial charge in [-0.15, -0.1) is 0 Å². The minimum absolute atomic E-state index is 0.438. The SMILES string of the molecule is Cc1ccnc(SCc2ccnc(C#N)c2)n1. The minimum Gasteiger partial charge on any atom is -0.246 e. The molecule has 17 heavy (non-hydrogen) atoms. The molecule has 0 radical (unpaired) electrons. The first kappa shape index (κ1) is 11.6. The summed E-state index contributed by atoms with van der Waals surface area (Å²) in [5, 5.41) is 9.49. The molecule has 4 nitrogen and oxygen atoms in total. The Morgan fingerprint density at radius 3 is 2.88 bits per heavy atom. The number of aromatic nitrogens is 3.